The third kappa shape index (κ3) is 3.64. The van der Waals surface area contributed by atoms with Gasteiger partial charge in [-0.1, -0.05) is 42.5 Å². The second-order valence-corrected chi connectivity index (χ2v) is 8.96. The summed E-state index contributed by atoms with van der Waals surface area (Å²) in [5.74, 6) is 0.497. The van der Waals surface area contributed by atoms with E-state index in [-0.39, 0.29) is 11.6 Å². The van der Waals surface area contributed by atoms with E-state index in [2.05, 4.69) is 34.5 Å². The lowest BCUT2D eigenvalue weighted by molar-refractivity contribution is -0.137. The van der Waals surface area contributed by atoms with Crippen molar-refractivity contribution in [3.05, 3.63) is 96.6 Å². The van der Waals surface area contributed by atoms with Crippen LogP contribution in [0.1, 0.15) is 5.56 Å². The van der Waals surface area contributed by atoms with Crippen LogP contribution in [0.15, 0.2) is 91.0 Å². The van der Waals surface area contributed by atoms with Crippen LogP contribution in [0.3, 0.4) is 0 Å². The van der Waals surface area contributed by atoms with E-state index in [1.54, 1.807) is 11.3 Å². The van der Waals surface area contributed by atoms with Gasteiger partial charge in [-0.05, 0) is 64.7 Å². The standard InChI is InChI=1S/C27H15F3N2OS/c28-27(29,30)19-9-11-20(12-10-19)33-26-22-14-17-6-2-1-5-16(17)13-21(22)25(31-32-26)24-15-18-7-3-4-8-23(18)34-24/h1-15H. The lowest BCUT2D eigenvalue weighted by atomic mass is 10.0. The lowest BCUT2D eigenvalue weighted by Crippen LogP contribution is -2.04. The molecule has 2 heterocycles. The molecule has 6 aromatic rings. The average molecular weight is 472 g/mol. The third-order valence-corrected chi connectivity index (χ3v) is 6.79. The summed E-state index contributed by atoms with van der Waals surface area (Å²) < 4.78 is 45.8. The number of fused-ring (bicyclic) bond motifs is 3. The fourth-order valence-electron chi connectivity index (χ4n) is 4.00. The number of alkyl halides is 3. The second-order valence-electron chi connectivity index (χ2n) is 7.87. The summed E-state index contributed by atoms with van der Waals surface area (Å²) in [4.78, 5) is 0.982. The van der Waals surface area contributed by atoms with Crippen molar-refractivity contribution in [2.45, 2.75) is 6.18 Å². The first-order valence-corrected chi connectivity index (χ1v) is 11.3. The zero-order chi connectivity index (χ0) is 23.3. The molecule has 34 heavy (non-hydrogen) atoms. The highest BCUT2D eigenvalue weighted by atomic mass is 32.1. The Balaban J connectivity index is 1.51. The first kappa shape index (κ1) is 20.6. The topological polar surface area (TPSA) is 35.0 Å². The van der Waals surface area contributed by atoms with Crippen LogP contribution < -0.4 is 4.74 Å². The van der Waals surface area contributed by atoms with E-state index in [9.17, 15) is 13.2 Å². The van der Waals surface area contributed by atoms with Crippen molar-refractivity contribution in [3.8, 4) is 22.2 Å². The number of hydrogen-bond donors (Lipinski definition) is 0. The highest BCUT2D eigenvalue weighted by Crippen LogP contribution is 2.40. The van der Waals surface area contributed by atoms with Gasteiger partial charge in [0.25, 0.3) is 0 Å². The van der Waals surface area contributed by atoms with Crippen molar-refractivity contribution in [2.24, 2.45) is 0 Å². The monoisotopic (exact) mass is 472 g/mol. The van der Waals surface area contributed by atoms with Crippen LogP contribution in [0, 0.1) is 0 Å². The molecule has 0 saturated carbocycles. The van der Waals surface area contributed by atoms with E-state index in [0.717, 1.165) is 54.3 Å². The van der Waals surface area contributed by atoms with Gasteiger partial charge < -0.3 is 4.74 Å². The van der Waals surface area contributed by atoms with E-state index >= 15 is 0 Å². The Hall–Kier alpha value is -3.97. The molecule has 166 valence electrons. The molecule has 0 amide bonds. The minimum atomic E-state index is -4.41. The highest BCUT2D eigenvalue weighted by molar-refractivity contribution is 7.22. The summed E-state index contributed by atoms with van der Waals surface area (Å²) in [5, 5.41) is 13.6. The molecular weight excluding hydrogens is 457 g/mol. The zero-order valence-electron chi connectivity index (χ0n) is 17.5. The van der Waals surface area contributed by atoms with Gasteiger partial charge in [0.15, 0.2) is 0 Å². The number of aromatic nitrogens is 2. The molecule has 6 rings (SSSR count). The maximum Gasteiger partial charge on any atom is 0.416 e. The van der Waals surface area contributed by atoms with Gasteiger partial charge in [0.2, 0.25) is 5.88 Å². The van der Waals surface area contributed by atoms with Gasteiger partial charge in [-0.3, -0.25) is 0 Å². The molecule has 0 saturated heterocycles. The van der Waals surface area contributed by atoms with E-state index in [1.807, 2.05) is 42.5 Å². The molecule has 0 N–H and O–H groups in total. The van der Waals surface area contributed by atoms with Crippen LogP contribution in [-0.2, 0) is 6.18 Å². The molecule has 2 aromatic heterocycles. The van der Waals surface area contributed by atoms with Crippen molar-refractivity contribution in [2.75, 3.05) is 0 Å². The Labute approximate surface area is 196 Å². The second kappa shape index (κ2) is 7.81. The van der Waals surface area contributed by atoms with Gasteiger partial charge in [0, 0.05) is 15.5 Å². The molecule has 4 aromatic carbocycles. The van der Waals surface area contributed by atoms with E-state index in [0.29, 0.717) is 0 Å². The normalized spacial score (nSPS) is 12.0. The van der Waals surface area contributed by atoms with Crippen LogP contribution in [0.2, 0.25) is 0 Å². The number of ether oxygens (including phenoxy) is 1. The summed E-state index contributed by atoms with van der Waals surface area (Å²) in [5.41, 5.74) is 0.00335. The number of hydrogen-bond acceptors (Lipinski definition) is 4. The molecular formula is C27H15F3N2OS. The summed E-state index contributed by atoms with van der Waals surface area (Å²) >= 11 is 1.63. The predicted molar refractivity (Wildman–Crippen MR) is 129 cm³/mol. The highest BCUT2D eigenvalue weighted by Gasteiger charge is 2.30. The summed E-state index contributed by atoms with van der Waals surface area (Å²) in [6, 6.07) is 26.8. The van der Waals surface area contributed by atoms with Crippen molar-refractivity contribution >= 4 is 43.0 Å². The van der Waals surface area contributed by atoms with E-state index in [1.165, 1.54) is 12.1 Å². The fraction of sp³-hybridized carbons (Fsp3) is 0.0370. The molecule has 0 atom stereocenters. The van der Waals surface area contributed by atoms with Gasteiger partial charge in [-0.2, -0.15) is 13.2 Å². The van der Waals surface area contributed by atoms with Crippen LogP contribution >= 0.6 is 11.3 Å². The molecule has 0 aliphatic rings. The zero-order valence-corrected chi connectivity index (χ0v) is 18.3. The molecule has 0 aliphatic heterocycles. The molecule has 0 unspecified atom stereocenters. The Bertz CT molecular complexity index is 1640. The van der Waals surface area contributed by atoms with Gasteiger partial charge in [0.05, 0.1) is 10.4 Å². The number of thiophene rings is 1. The van der Waals surface area contributed by atoms with Crippen molar-refractivity contribution < 1.29 is 17.9 Å². The van der Waals surface area contributed by atoms with Crippen molar-refractivity contribution in [3.63, 3.8) is 0 Å². The van der Waals surface area contributed by atoms with E-state index in [4.69, 9.17) is 4.74 Å². The molecule has 0 aliphatic carbocycles. The Morgan fingerprint density at radius 2 is 1.32 bits per heavy atom. The molecule has 0 fully saturated rings. The van der Waals surface area contributed by atoms with Crippen molar-refractivity contribution in [1.29, 1.82) is 0 Å². The molecule has 0 bridgehead atoms. The minimum absolute atomic E-state index is 0.241. The van der Waals surface area contributed by atoms with Crippen LogP contribution in [-0.4, -0.2) is 10.2 Å². The third-order valence-electron chi connectivity index (χ3n) is 5.67. The van der Waals surface area contributed by atoms with Crippen LogP contribution in [0.4, 0.5) is 13.2 Å². The first-order valence-electron chi connectivity index (χ1n) is 10.5. The molecule has 7 heteroatoms. The van der Waals surface area contributed by atoms with Crippen molar-refractivity contribution in [1.82, 2.24) is 10.2 Å². The van der Waals surface area contributed by atoms with Gasteiger partial charge >= 0.3 is 6.18 Å². The predicted octanol–water partition coefficient (Wildman–Crippen LogP) is 8.48. The molecule has 0 spiro atoms. The largest absolute Gasteiger partial charge is 0.437 e. The minimum Gasteiger partial charge on any atom is -0.437 e. The molecule has 3 nitrogen and oxygen atoms in total. The molecule has 0 radical (unpaired) electrons. The Morgan fingerprint density at radius 3 is 2.00 bits per heavy atom. The number of halogens is 3. The fourth-order valence-corrected chi connectivity index (χ4v) is 5.06. The van der Waals surface area contributed by atoms with Gasteiger partial charge in [0.1, 0.15) is 11.4 Å². The smallest absolute Gasteiger partial charge is 0.416 e. The number of nitrogens with zero attached hydrogens (tertiary/aromatic N) is 2. The number of rotatable bonds is 3. The van der Waals surface area contributed by atoms with Crippen LogP contribution in [0.5, 0.6) is 11.6 Å². The van der Waals surface area contributed by atoms with Crippen LogP contribution in [0.25, 0.3) is 42.2 Å². The number of benzene rings is 4. The summed E-state index contributed by atoms with van der Waals surface area (Å²) in [6.07, 6.45) is -4.41. The quantitative estimate of drug-likeness (QED) is 0.242. The SMILES string of the molecule is FC(F)(F)c1ccc(Oc2nnc(-c3cc4ccccc4s3)c3cc4ccccc4cc23)cc1. The van der Waals surface area contributed by atoms with Gasteiger partial charge in [-0.15, -0.1) is 21.5 Å². The summed E-state index contributed by atoms with van der Waals surface area (Å²) in [7, 11) is 0. The Kier molecular flexibility index (Phi) is 4.74. The summed E-state index contributed by atoms with van der Waals surface area (Å²) in [6.45, 7) is 0. The Morgan fingerprint density at radius 1 is 0.676 bits per heavy atom. The maximum atomic E-state index is 12.9. The maximum absolute atomic E-state index is 12.9. The average Bonchev–Trinajstić information content (AvgIpc) is 3.27. The lowest BCUT2D eigenvalue weighted by Gasteiger charge is -2.12. The first-order chi connectivity index (χ1) is 16.5. The van der Waals surface area contributed by atoms with Gasteiger partial charge in [-0.25, -0.2) is 0 Å². The van der Waals surface area contributed by atoms with E-state index < -0.39 is 11.7 Å².